The molecule has 2 amide bonds. The van der Waals surface area contributed by atoms with Crippen LogP contribution in [0.4, 0.5) is 5.69 Å². The molecule has 1 atom stereocenters. The Hall–Kier alpha value is -1.53. The summed E-state index contributed by atoms with van der Waals surface area (Å²) in [6.07, 6.45) is 2.16. The number of rotatable bonds is 4. The molecule has 0 bridgehead atoms. The number of carbonyl (C=O) groups is 2. The molecule has 2 heterocycles. The van der Waals surface area contributed by atoms with Crippen molar-refractivity contribution in [1.29, 1.82) is 0 Å². The first kappa shape index (κ1) is 14.4. The van der Waals surface area contributed by atoms with Crippen LogP contribution in [-0.2, 0) is 14.3 Å². The van der Waals surface area contributed by atoms with Crippen LogP contribution in [0.1, 0.15) is 12.8 Å². The lowest BCUT2D eigenvalue weighted by atomic mass is 10.2. The number of nitrogens with zero attached hydrogens (tertiary/aromatic N) is 1. The predicted molar refractivity (Wildman–Crippen MR) is 81.5 cm³/mol. The number of anilines is 1. The summed E-state index contributed by atoms with van der Waals surface area (Å²) >= 11 is 1.52. The van der Waals surface area contributed by atoms with Crippen LogP contribution < -0.4 is 10.2 Å². The molecule has 3 rings (SSSR count). The van der Waals surface area contributed by atoms with Gasteiger partial charge in [0, 0.05) is 18.0 Å². The highest BCUT2D eigenvalue weighted by atomic mass is 32.2. The summed E-state index contributed by atoms with van der Waals surface area (Å²) in [5.74, 6) is 0.224. The molecular formula is C15H18N2O3S. The van der Waals surface area contributed by atoms with Gasteiger partial charge in [-0.25, -0.2) is 0 Å². The number of nitrogens with one attached hydrogen (secondary N) is 1. The van der Waals surface area contributed by atoms with Crippen LogP contribution in [-0.4, -0.2) is 43.4 Å². The molecule has 6 heteroatoms. The first-order valence-corrected chi connectivity index (χ1v) is 8.13. The third-order valence-corrected chi connectivity index (χ3v) is 4.71. The molecule has 2 aliphatic heterocycles. The number of thioether (sulfide) groups is 1. The lowest BCUT2D eigenvalue weighted by Gasteiger charge is -2.28. The Morgan fingerprint density at radius 1 is 1.43 bits per heavy atom. The molecule has 112 valence electrons. The predicted octanol–water partition coefficient (Wildman–Crippen LogP) is 1.42. The van der Waals surface area contributed by atoms with Crippen LogP contribution in [0.25, 0.3) is 0 Å². The Kier molecular flexibility index (Phi) is 4.45. The monoisotopic (exact) mass is 306 g/mol. The fraction of sp³-hybridized carbons (Fsp3) is 0.467. The topological polar surface area (TPSA) is 58.6 Å². The lowest BCUT2D eigenvalue weighted by Crippen LogP contribution is -2.44. The highest BCUT2D eigenvalue weighted by Crippen LogP contribution is 2.34. The van der Waals surface area contributed by atoms with E-state index in [4.69, 9.17) is 4.74 Å². The second-order valence-corrected chi connectivity index (χ2v) is 6.19. The van der Waals surface area contributed by atoms with E-state index < -0.39 is 0 Å². The van der Waals surface area contributed by atoms with Crippen LogP contribution in [0.3, 0.4) is 0 Å². The lowest BCUT2D eigenvalue weighted by molar-refractivity contribution is -0.123. The zero-order valence-corrected chi connectivity index (χ0v) is 12.5. The molecule has 0 aliphatic carbocycles. The van der Waals surface area contributed by atoms with Crippen molar-refractivity contribution in [2.75, 3.05) is 30.3 Å². The summed E-state index contributed by atoms with van der Waals surface area (Å²) in [5.41, 5.74) is 0.825. The molecule has 1 saturated heterocycles. The van der Waals surface area contributed by atoms with Crippen molar-refractivity contribution in [2.45, 2.75) is 23.8 Å². The molecule has 1 unspecified atom stereocenters. The molecule has 2 aliphatic rings. The fourth-order valence-corrected chi connectivity index (χ4v) is 3.50. The van der Waals surface area contributed by atoms with Crippen LogP contribution in [0, 0.1) is 0 Å². The van der Waals surface area contributed by atoms with E-state index in [9.17, 15) is 9.59 Å². The first-order valence-electron chi connectivity index (χ1n) is 7.14. The van der Waals surface area contributed by atoms with E-state index in [1.54, 1.807) is 4.90 Å². The van der Waals surface area contributed by atoms with Crippen molar-refractivity contribution >= 4 is 29.3 Å². The Balaban J connectivity index is 1.60. The highest BCUT2D eigenvalue weighted by molar-refractivity contribution is 8.00. The molecule has 0 spiro atoms. The largest absolute Gasteiger partial charge is 0.376 e. The number of fused-ring (bicyclic) bond motifs is 1. The Morgan fingerprint density at radius 2 is 2.29 bits per heavy atom. The summed E-state index contributed by atoms with van der Waals surface area (Å²) < 4.78 is 5.47. The van der Waals surface area contributed by atoms with Gasteiger partial charge in [-0.05, 0) is 25.0 Å². The van der Waals surface area contributed by atoms with Crippen molar-refractivity contribution < 1.29 is 14.3 Å². The Morgan fingerprint density at radius 3 is 3.10 bits per heavy atom. The SMILES string of the molecule is O=C(CN1C(=O)CSc2ccccc21)NCC1CCCO1. The van der Waals surface area contributed by atoms with Gasteiger partial charge in [0.1, 0.15) is 6.54 Å². The van der Waals surface area contributed by atoms with E-state index in [-0.39, 0.29) is 24.5 Å². The number of hydrogen-bond donors (Lipinski definition) is 1. The molecule has 0 aromatic heterocycles. The van der Waals surface area contributed by atoms with Gasteiger partial charge in [0.05, 0.1) is 17.5 Å². The summed E-state index contributed by atoms with van der Waals surface area (Å²) in [6, 6.07) is 7.68. The van der Waals surface area contributed by atoms with E-state index >= 15 is 0 Å². The third-order valence-electron chi connectivity index (χ3n) is 3.66. The van der Waals surface area contributed by atoms with Crippen LogP contribution in [0.2, 0.25) is 0 Å². The molecule has 0 radical (unpaired) electrons. The van der Waals surface area contributed by atoms with E-state index in [0.29, 0.717) is 12.3 Å². The number of amides is 2. The number of carbonyl (C=O) groups excluding carboxylic acids is 2. The van der Waals surface area contributed by atoms with Gasteiger partial charge in [-0.1, -0.05) is 12.1 Å². The van der Waals surface area contributed by atoms with Crippen molar-refractivity contribution in [2.24, 2.45) is 0 Å². The van der Waals surface area contributed by atoms with Crippen LogP contribution >= 0.6 is 11.8 Å². The average molecular weight is 306 g/mol. The number of hydrogen-bond acceptors (Lipinski definition) is 4. The number of ether oxygens (including phenoxy) is 1. The fourth-order valence-electron chi connectivity index (χ4n) is 2.56. The number of para-hydroxylation sites is 1. The van der Waals surface area contributed by atoms with Crippen molar-refractivity contribution in [3.8, 4) is 0 Å². The quantitative estimate of drug-likeness (QED) is 0.914. The van der Waals surface area contributed by atoms with Crippen LogP contribution in [0.15, 0.2) is 29.2 Å². The van der Waals surface area contributed by atoms with Gasteiger partial charge >= 0.3 is 0 Å². The number of benzene rings is 1. The minimum atomic E-state index is -0.138. The summed E-state index contributed by atoms with van der Waals surface area (Å²) in [5, 5.41) is 2.86. The molecule has 1 aromatic rings. The normalized spacial score (nSPS) is 21.2. The smallest absolute Gasteiger partial charge is 0.240 e. The summed E-state index contributed by atoms with van der Waals surface area (Å²) in [4.78, 5) is 26.7. The second-order valence-electron chi connectivity index (χ2n) is 5.18. The second kappa shape index (κ2) is 6.49. The van der Waals surface area contributed by atoms with Gasteiger partial charge in [0.25, 0.3) is 0 Å². The molecule has 1 aromatic carbocycles. The molecule has 21 heavy (non-hydrogen) atoms. The van der Waals surface area contributed by atoms with Gasteiger partial charge in [-0.2, -0.15) is 0 Å². The van der Waals surface area contributed by atoms with Gasteiger partial charge in [0.2, 0.25) is 11.8 Å². The molecule has 0 saturated carbocycles. The van der Waals surface area contributed by atoms with Crippen molar-refractivity contribution in [3.05, 3.63) is 24.3 Å². The van der Waals surface area contributed by atoms with Gasteiger partial charge < -0.3 is 15.0 Å². The van der Waals surface area contributed by atoms with Gasteiger partial charge in [-0.3, -0.25) is 9.59 Å². The Labute approximate surface area is 128 Å². The van der Waals surface area contributed by atoms with E-state index in [1.807, 2.05) is 24.3 Å². The van der Waals surface area contributed by atoms with E-state index in [2.05, 4.69) is 5.32 Å². The summed E-state index contributed by atoms with van der Waals surface area (Å²) in [6.45, 7) is 1.37. The minimum absolute atomic E-state index is 0.0223. The zero-order valence-electron chi connectivity index (χ0n) is 11.7. The average Bonchev–Trinajstić information content (AvgIpc) is 3.01. The highest BCUT2D eigenvalue weighted by Gasteiger charge is 2.26. The first-order chi connectivity index (χ1) is 10.2. The maximum atomic E-state index is 12.1. The molecule has 1 fully saturated rings. The maximum Gasteiger partial charge on any atom is 0.240 e. The van der Waals surface area contributed by atoms with E-state index in [0.717, 1.165) is 30.0 Å². The molecular weight excluding hydrogens is 288 g/mol. The standard InChI is InChI=1S/C15H18N2O3S/c18-14(16-8-11-4-3-7-20-11)9-17-12-5-1-2-6-13(12)21-10-15(17)19/h1-2,5-6,11H,3-4,7-10H2,(H,16,18). The van der Waals surface area contributed by atoms with Gasteiger partial charge in [0.15, 0.2) is 0 Å². The maximum absolute atomic E-state index is 12.1. The Bertz CT molecular complexity index is 543. The van der Waals surface area contributed by atoms with Crippen molar-refractivity contribution in [1.82, 2.24) is 5.32 Å². The third kappa shape index (κ3) is 3.39. The van der Waals surface area contributed by atoms with Crippen LogP contribution in [0.5, 0.6) is 0 Å². The van der Waals surface area contributed by atoms with Gasteiger partial charge in [-0.15, -0.1) is 11.8 Å². The minimum Gasteiger partial charge on any atom is -0.376 e. The molecule has 1 N–H and O–H groups in total. The summed E-state index contributed by atoms with van der Waals surface area (Å²) in [7, 11) is 0. The van der Waals surface area contributed by atoms with E-state index in [1.165, 1.54) is 11.8 Å². The van der Waals surface area contributed by atoms with Crippen molar-refractivity contribution in [3.63, 3.8) is 0 Å². The molecule has 5 nitrogen and oxygen atoms in total. The zero-order chi connectivity index (χ0) is 14.7.